The van der Waals surface area contributed by atoms with E-state index in [9.17, 15) is 13.2 Å². The highest BCUT2D eigenvalue weighted by molar-refractivity contribution is 7.92. The first-order valence-corrected chi connectivity index (χ1v) is 11.8. The minimum Gasteiger partial charge on any atom is -0.369 e. The zero-order chi connectivity index (χ0) is 22.4. The molecule has 0 aliphatic carbocycles. The van der Waals surface area contributed by atoms with Gasteiger partial charge in [0, 0.05) is 50.0 Å². The summed E-state index contributed by atoms with van der Waals surface area (Å²) in [7, 11) is -0.183. The number of benzene rings is 2. The van der Waals surface area contributed by atoms with Crippen LogP contribution in [0.1, 0.15) is 11.1 Å². The van der Waals surface area contributed by atoms with E-state index in [1.54, 1.807) is 0 Å². The average Bonchev–Trinajstić information content (AvgIpc) is 2.75. The van der Waals surface area contributed by atoms with Crippen molar-refractivity contribution in [1.29, 1.82) is 0 Å². The van der Waals surface area contributed by atoms with E-state index in [1.165, 1.54) is 13.1 Å². The molecule has 1 fully saturated rings. The van der Waals surface area contributed by atoms with Gasteiger partial charge in [0.05, 0.1) is 6.54 Å². The van der Waals surface area contributed by atoms with Crippen LogP contribution in [-0.4, -0.2) is 70.3 Å². The lowest BCUT2D eigenvalue weighted by Crippen LogP contribution is -2.44. The third-order valence-corrected chi connectivity index (χ3v) is 6.86. The van der Waals surface area contributed by atoms with Gasteiger partial charge in [0.15, 0.2) is 0 Å². The number of nitrogens with one attached hydrogen (secondary N) is 1. The first-order valence-electron chi connectivity index (χ1n) is 10.3. The Bertz CT molecular complexity index is 1030. The Morgan fingerprint density at radius 3 is 2.42 bits per heavy atom. The van der Waals surface area contributed by atoms with Crippen molar-refractivity contribution in [2.24, 2.45) is 0 Å². The maximum atomic E-state index is 12.5. The Kier molecular flexibility index (Phi) is 7.48. The van der Waals surface area contributed by atoms with E-state index in [0.29, 0.717) is 5.69 Å². The van der Waals surface area contributed by atoms with Crippen molar-refractivity contribution >= 4 is 33.4 Å². The zero-order valence-electron chi connectivity index (χ0n) is 18.3. The predicted octanol–water partition coefficient (Wildman–Crippen LogP) is 2.62. The lowest BCUT2D eigenvalue weighted by atomic mass is 10.1. The molecule has 31 heavy (non-hydrogen) atoms. The second kappa shape index (κ2) is 10.1. The van der Waals surface area contributed by atoms with E-state index < -0.39 is 10.0 Å². The van der Waals surface area contributed by atoms with Crippen molar-refractivity contribution in [1.82, 2.24) is 9.21 Å². The second-order valence-electron chi connectivity index (χ2n) is 7.85. The molecule has 8 heteroatoms. The molecule has 3 rings (SSSR count). The lowest BCUT2D eigenvalue weighted by molar-refractivity contribution is -0.116. The molecule has 2 aromatic rings. The number of sulfonamides is 1. The van der Waals surface area contributed by atoms with Crippen LogP contribution >= 0.6 is 0 Å². The Balaban J connectivity index is 1.59. The van der Waals surface area contributed by atoms with Gasteiger partial charge < -0.3 is 15.1 Å². The molecule has 7 nitrogen and oxygen atoms in total. The third kappa shape index (κ3) is 6.40. The number of hydrogen-bond donors (Lipinski definition) is 1. The minimum absolute atomic E-state index is 0.263. The van der Waals surface area contributed by atoms with E-state index in [1.807, 2.05) is 49.4 Å². The number of piperazine rings is 1. The van der Waals surface area contributed by atoms with Gasteiger partial charge >= 0.3 is 0 Å². The number of anilines is 2. The van der Waals surface area contributed by atoms with Crippen molar-refractivity contribution in [3.63, 3.8) is 0 Å². The number of amides is 1. The molecule has 2 aromatic carbocycles. The van der Waals surface area contributed by atoms with E-state index in [2.05, 4.69) is 28.2 Å². The molecule has 0 bridgehead atoms. The van der Waals surface area contributed by atoms with E-state index in [4.69, 9.17) is 0 Å². The fraction of sp³-hybridized carbons (Fsp3) is 0.348. The van der Waals surface area contributed by atoms with Crippen molar-refractivity contribution in [2.45, 2.75) is 6.92 Å². The minimum atomic E-state index is -3.70. The predicted molar refractivity (Wildman–Crippen MR) is 127 cm³/mol. The zero-order valence-corrected chi connectivity index (χ0v) is 19.1. The smallest absolute Gasteiger partial charge is 0.239 e. The summed E-state index contributed by atoms with van der Waals surface area (Å²) in [6.45, 7) is 5.68. The van der Waals surface area contributed by atoms with Gasteiger partial charge in [-0.15, -0.1) is 0 Å². The molecular formula is C23H30N4O3S. The molecule has 0 saturated carbocycles. The topological polar surface area (TPSA) is 73.0 Å². The summed E-state index contributed by atoms with van der Waals surface area (Å²) in [5.74, 6) is -0.380. The molecule has 1 saturated heterocycles. The summed E-state index contributed by atoms with van der Waals surface area (Å²) in [6, 6.07) is 15.1. The first-order chi connectivity index (χ1) is 14.7. The van der Waals surface area contributed by atoms with Crippen LogP contribution in [0.4, 0.5) is 11.4 Å². The van der Waals surface area contributed by atoms with Crippen LogP contribution in [-0.2, 0) is 14.8 Å². The number of rotatable bonds is 7. The molecule has 0 spiro atoms. The van der Waals surface area contributed by atoms with Gasteiger partial charge in [0.2, 0.25) is 15.9 Å². The molecule has 166 valence electrons. The van der Waals surface area contributed by atoms with Gasteiger partial charge in [0.1, 0.15) is 0 Å². The van der Waals surface area contributed by atoms with Crippen LogP contribution in [0.3, 0.4) is 0 Å². The van der Waals surface area contributed by atoms with Gasteiger partial charge in [-0.25, -0.2) is 8.42 Å². The molecule has 1 aliphatic rings. The molecule has 0 atom stereocenters. The summed E-state index contributed by atoms with van der Waals surface area (Å²) in [6.07, 6.45) is 1.52. The highest BCUT2D eigenvalue weighted by atomic mass is 32.2. The maximum absolute atomic E-state index is 12.5. The van der Waals surface area contributed by atoms with Crippen molar-refractivity contribution < 1.29 is 13.2 Å². The van der Waals surface area contributed by atoms with Crippen LogP contribution in [0.15, 0.2) is 53.9 Å². The monoisotopic (exact) mass is 442 g/mol. The summed E-state index contributed by atoms with van der Waals surface area (Å²) in [5, 5.41) is 3.95. The Hall–Kier alpha value is -2.68. The summed E-state index contributed by atoms with van der Waals surface area (Å²) in [4.78, 5) is 17.1. The quantitative estimate of drug-likeness (QED) is 0.714. The summed E-state index contributed by atoms with van der Waals surface area (Å²) >= 11 is 0. The van der Waals surface area contributed by atoms with E-state index in [-0.39, 0.29) is 12.5 Å². The first kappa shape index (κ1) is 23.0. The highest BCUT2D eigenvalue weighted by Gasteiger charge is 2.19. The van der Waals surface area contributed by atoms with Gasteiger partial charge in [-0.3, -0.25) is 4.79 Å². The summed E-state index contributed by atoms with van der Waals surface area (Å²) in [5.41, 5.74) is 3.54. The van der Waals surface area contributed by atoms with Gasteiger partial charge in [-0.05, 0) is 49.4 Å². The number of nitrogens with zero attached hydrogens (tertiary/aromatic N) is 3. The number of aryl methyl sites for hydroxylation is 1. The maximum Gasteiger partial charge on any atom is 0.239 e. The van der Waals surface area contributed by atoms with Gasteiger partial charge in [-0.1, -0.05) is 30.3 Å². The lowest BCUT2D eigenvalue weighted by Gasteiger charge is -2.34. The SMILES string of the molecule is Cc1cc(N2CCN(C)CC2)ccc1NC(=O)CN(C)S(=O)(=O)/C=C/c1ccccc1. The Labute approximate surface area is 185 Å². The van der Waals surface area contributed by atoms with Crippen LogP contribution in [0, 0.1) is 6.92 Å². The normalized spacial score (nSPS) is 15.5. The molecule has 1 N–H and O–H groups in total. The molecular weight excluding hydrogens is 412 g/mol. The van der Waals surface area contributed by atoms with Crippen molar-refractivity contribution in [2.75, 3.05) is 57.0 Å². The molecule has 1 aliphatic heterocycles. The van der Waals surface area contributed by atoms with Crippen LogP contribution < -0.4 is 10.2 Å². The van der Waals surface area contributed by atoms with Crippen molar-refractivity contribution in [3.8, 4) is 0 Å². The van der Waals surface area contributed by atoms with Crippen molar-refractivity contribution in [3.05, 3.63) is 65.1 Å². The molecule has 0 aromatic heterocycles. The fourth-order valence-electron chi connectivity index (χ4n) is 3.36. The summed E-state index contributed by atoms with van der Waals surface area (Å²) < 4.78 is 25.9. The molecule has 1 amide bonds. The standard InChI is InChI=1S/C23H30N4O3S/c1-19-17-21(27-14-12-25(2)13-15-27)9-10-22(19)24-23(28)18-26(3)31(29,30)16-11-20-7-5-4-6-8-20/h4-11,16-17H,12-15,18H2,1-3H3,(H,24,28)/b16-11+. The number of hydrogen-bond acceptors (Lipinski definition) is 5. The Morgan fingerprint density at radius 1 is 1.10 bits per heavy atom. The van der Waals surface area contributed by atoms with E-state index >= 15 is 0 Å². The molecule has 0 radical (unpaired) electrons. The van der Waals surface area contributed by atoms with Crippen LogP contribution in [0.2, 0.25) is 0 Å². The average molecular weight is 443 g/mol. The van der Waals surface area contributed by atoms with Crippen LogP contribution in [0.5, 0.6) is 0 Å². The fourth-order valence-corrected chi connectivity index (χ4v) is 4.20. The third-order valence-electron chi connectivity index (χ3n) is 5.39. The number of carbonyl (C=O) groups is 1. The number of carbonyl (C=O) groups excluding carboxylic acids is 1. The largest absolute Gasteiger partial charge is 0.369 e. The molecule has 0 unspecified atom stereocenters. The van der Waals surface area contributed by atoms with Gasteiger partial charge in [-0.2, -0.15) is 4.31 Å². The highest BCUT2D eigenvalue weighted by Crippen LogP contribution is 2.23. The van der Waals surface area contributed by atoms with Gasteiger partial charge in [0.25, 0.3) is 0 Å². The van der Waals surface area contributed by atoms with E-state index in [0.717, 1.165) is 52.7 Å². The second-order valence-corrected chi connectivity index (χ2v) is 9.78. The number of likely N-dealkylation sites (N-methyl/N-ethyl adjacent to an activating group) is 2. The van der Waals surface area contributed by atoms with Crippen LogP contribution in [0.25, 0.3) is 6.08 Å². The Morgan fingerprint density at radius 2 is 1.77 bits per heavy atom. The molecule has 1 heterocycles.